The molecule has 3 N–H and O–H groups in total. The van der Waals surface area contributed by atoms with Gasteiger partial charge in [-0.3, -0.25) is 4.79 Å². The second kappa shape index (κ2) is 9.54. The maximum Gasteiger partial charge on any atom is 0.220 e. The zero-order valence-corrected chi connectivity index (χ0v) is 12.8. The van der Waals surface area contributed by atoms with Crippen molar-refractivity contribution in [2.75, 3.05) is 6.54 Å². The summed E-state index contributed by atoms with van der Waals surface area (Å²) < 4.78 is 0. The first-order chi connectivity index (χ1) is 9.63. The monoisotopic (exact) mass is 276 g/mol. The van der Waals surface area contributed by atoms with Gasteiger partial charge in [-0.1, -0.05) is 37.1 Å². The molecule has 0 aliphatic carbocycles. The molecule has 112 valence electrons. The summed E-state index contributed by atoms with van der Waals surface area (Å²) in [7, 11) is 0. The summed E-state index contributed by atoms with van der Waals surface area (Å²) in [6.07, 6.45) is 5.77. The molecule has 1 aromatic rings. The Kier molecular flexibility index (Phi) is 7.97. The van der Waals surface area contributed by atoms with Crippen molar-refractivity contribution in [2.24, 2.45) is 5.73 Å². The number of hydrogen-bond donors (Lipinski definition) is 2. The topological polar surface area (TPSA) is 55.1 Å². The number of nitrogens with one attached hydrogen (secondary N) is 1. The van der Waals surface area contributed by atoms with Gasteiger partial charge in [-0.05, 0) is 50.8 Å². The molecule has 0 spiro atoms. The summed E-state index contributed by atoms with van der Waals surface area (Å²) >= 11 is 0. The van der Waals surface area contributed by atoms with Gasteiger partial charge in [0.1, 0.15) is 0 Å². The first kappa shape index (κ1) is 16.7. The molecule has 0 fully saturated rings. The molecule has 0 radical (unpaired) electrons. The van der Waals surface area contributed by atoms with Gasteiger partial charge in [-0.15, -0.1) is 0 Å². The van der Waals surface area contributed by atoms with Gasteiger partial charge < -0.3 is 11.1 Å². The van der Waals surface area contributed by atoms with Gasteiger partial charge in [-0.25, -0.2) is 0 Å². The van der Waals surface area contributed by atoms with Crippen molar-refractivity contribution in [1.82, 2.24) is 5.32 Å². The minimum atomic E-state index is 0.166. The highest BCUT2D eigenvalue weighted by Gasteiger charge is 2.09. The third-order valence-electron chi connectivity index (χ3n) is 3.55. The zero-order chi connectivity index (χ0) is 14.8. The summed E-state index contributed by atoms with van der Waals surface area (Å²) in [6, 6.07) is 8.52. The lowest BCUT2D eigenvalue weighted by molar-refractivity contribution is -0.121. The number of unbranched alkanes of at least 4 members (excludes halogenated alkanes) is 3. The number of hydrogen-bond acceptors (Lipinski definition) is 2. The van der Waals surface area contributed by atoms with Crippen LogP contribution in [0.1, 0.15) is 50.2 Å². The van der Waals surface area contributed by atoms with Gasteiger partial charge >= 0.3 is 0 Å². The number of benzene rings is 1. The highest BCUT2D eigenvalue weighted by Crippen LogP contribution is 2.10. The fraction of sp³-hybridized carbons (Fsp3) is 0.588. The first-order valence-electron chi connectivity index (χ1n) is 7.67. The van der Waals surface area contributed by atoms with E-state index in [2.05, 4.69) is 31.3 Å². The van der Waals surface area contributed by atoms with E-state index in [4.69, 9.17) is 5.73 Å². The Morgan fingerprint density at radius 2 is 1.90 bits per heavy atom. The SMILES string of the molecule is Cc1ccccc1CC(C)NC(=O)CCCCCCN. The van der Waals surface area contributed by atoms with Crippen LogP contribution >= 0.6 is 0 Å². The van der Waals surface area contributed by atoms with Crippen LogP contribution in [0.15, 0.2) is 24.3 Å². The van der Waals surface area contributed by atoms with Gasteiger partial charge in [-0.2, -0.15) is 0 Å². The summed E-state index contributed by atoms with van der Waals surface area (Å²) in [5.74, 6) is 0.166. The summed E-state index contributed by atoms with van der Waals surface area (Å²) in [5.41, 5.74) is 8.04. The lowest BCUT2D eigenvalue weighted by Gasteiger charge is -2.15. The smallest absolute Gasteiger partial charge is 0.220 e. The van der Waals surface area contributed by atoms with Crippen LogP contribution in [-0.4, -0.2) is 18.5 Å². The highest BCUT2D eigenvalue weighted by molar-refractivity contribution is 5.76. The van der Waals surface area contributed by atoms with Crippen molar-refractivity contribution >= 4 is 5.91 Å². The fourth-order valence-electron chi connectivity index (χ4n) is 2.35. The number of carbonyl (C=O) groups excluding carboxylic acids is 1. The molecule has 0 saturated carbocycles. The third kappa shape index (κ3) is 6.71. The molecule has 1 amide bonds. The van der Waals surface area contributed by atoms with E-state index < -0.39 is 0 Å². The molecule has 0 saturated heterocycles. The number of nitrogens with two attached hydrogens (primary N) is 1. The molecule has 3 heteroatoms. The molecule has 0 aliphatic heterocycles. The average molecular weight is 276 g/mol. The van der Waals surface area contributed by atoms with Crippen LogP contribution in [0.2, 0.25) is 0 Å². The molecule has 1 unspecified atom stereocenters. The Morgan fingerprint density at radius 3 is 2.60 bits per heavy atom. The number of carbonyl (C=O) groups is 1. The molecule has 1 atom stereocenters. The summed E-state index contributed by atoms with van der Waals surface area (Å²) in [5, 5.41) is 3.08. The molecule has 0 aromatic heterocycles. The van der Waals surface area contributed by atoms with Crippen molar-refractivity contribution in [3.05, 3.63) is 35.4 Å². The molecule has 20 heavy (non-hydrogen) atoms. The van der Waals surface area contributed by atoms with E-state index >= 15 is 0 Å². The molecule has 3 nitrogen and oxygen atoms in total. The molecular weight excluding hydrogens is 248 g/mol. The minimum Gasteiger partial charge on any atom is -0.353 e. The Bertz CT molecular complexity index is 404. The van der Waals surface area contributed by atoms with Gasteiger partial charge in [0.2, 0.25) is 5.91 Å². The van der Waals surface area contributed by atoms with Crippen molar-refractivity contribution in [3.63, 3.8) is 0 Å². The van der Waals surface area contributed by atoms with Crippen molar-refractivity contribution < 1.29 is 4.79 Å². The fourth-order valence-corrected chi connectivity index (χ4v) is 2.35. The maximum atomic E-state index is 11.8. The van der Waals surface area contributed by atoms with E-state index in [-0.39, 0.29) is 11.9 Å². The van der Waals surface area contributed by atoms with Crippen LogP contribution in [0.5, 0.6) is 0 Å². The standard InChI is InChI=1S/C17H28N2O/c1-14-9-6-7-10-16(14)13-15(2)19-17(20)11-5-3-4-8-12-18/h6-7,9-10,15H,3-5,8,11-13,18H2,1-2H3,(H,19,20). The second-order valence-electron chi connectivity index (χ2n) is 5.55. The van der Waals surface area contributed by atoms with E-state index in [0.29, 0.717) is 6.42 Å². The summed E-state index contributed by atoms with van der Waals surface area (Å²) in [6.45, 7) is 4.93. The Morgan fingerprint density at radius 1 is 1.20 bits per heavy atom. The van der Waals surface area contributed by atoms with Crippen LogP contribution in [-0.2, 0) is 11.2 Å². The van der Waals surface area contributed by atoms with Gasteiger partial charge in [0.15, 0.2) is 0 Å². The molecule has 0 bridgehead atoms. The number of rotatable bonds is 9. The third-order valence-corrected chi connectivity index (χ3v) is 3.55. The Balaban J connectivity index is 2.23. The van der Waals surface area contributed by atoms with Crippen LogP contribution in [0, 0.1) is 6.92 Å². The van der Waals surface area contributed by atoms with Crippen LogP contribution in [0.3, 0.4) is 0 Å². The molecule has 0 aliphatic rings. The van der Waals surface area contributed by atoms with Crippen LogP contribution in [0.25, 0.3) is 0 Å². The second-order valence-corrected chi connectivity index (χ2v) is 5.55. The van der Waals surface area contributed by atoms with Crippen molar-refractivity contribution in [3.8, 4) is 0 Å². The van der Waals surface area contributed by atoms with Gasteiger partial charge in [0.25, 0.3) is 0 Å². The van der Waals surface area contributed by atoms with Gasteiger partial charge in [0, 0.05) is 12.5 Å². The van der Waals surface area contributed by atoms with E-state index in [1.165, 1.54) is 11.1 Å². The van der Waals surface area contributed by atoms with Crippen molar-refractivity contribution in [2.45, 2.75) is 58.4 Å². The predicted octanol–water partition coefficient (Wildman–Crippen LogP) is 2.95. The van der Waals surface area contributed by atoms with E-state index in [1.807, 2.05) is 12.1 Å². The lowest BCUT2D eigenvalue weighted by atomic mass is 10.0. The Hall–Kier alpha value is -1.35. The molecule has 1 rings (SSSR count). The quantitative estimate of drug-likeness (QED) is 0.681. The normalized spacial score (nSPS) is 12.2. The average Bonchev–Trinajstić information content (AvgIpc) is 2.41. The van der Waals surface area contributed by atoms with Gasteiger partial charge in [0.05, 0.1) is 0 Å². The summed E-state index contributed by atoms with van der Waals surface area (Å²) in [4.78, 5) is 11.8. The van der Waals surface area contributed by atoms with Crippen LogP contribution in [0.4, 0.5) is 0 Å². The Labute approximate surface area is 122 Å². The predicted molar refractivity (Wildman–Crippen MR) is 84.6 cm³/mol. The number of aryl methyl sites for hydroxylation is 1. The molecule has 1 aromatic carbocycles. The van der Waals surface area contributed by atoms with E-state index in [9.17, 15) is 4.79 Å². The lowest BCUT2D eigenvalue weighted by Crippen LogP contribution is -2.34. The van der Waals surface area contributed by atoms with Crippen LogP contribution < -0.4 is 11.1 Å². The molecule has 0 heterocycles. The van der Waals surface area contributed by atoms with Crippen molar-refractivity contribution in [1.29, 1.82) is 0 Å². The van der Waals surface area contributed by atoms with E-state index in [0.717, 1.165) is 38.6 Å². The highest BCUT2D eigenvalue weighted by atomic mass is 16.1. The number of amides is 1. The largest absolute Gasteiger partial charge is 0.353 e. The first-order valence-corrected chi connectivity index (χ1v) is 7.67. The zero-order valence-electron chi connectivity index (χ0n) is 12.8. The minimum absolute atomic E-state index is 0.166. The van der Waals surface area contributed by atoms with E-state index in [1.54, 1.807) is 0 Å². The molecular formula is C17H28N2O. The maximum absolute atomic E-state index is 11.8.